The highest BCUT2D eigenvalue weighted by Gasteiger charge is 2.19. The number of phenolic OH excluding ortho intramolecular Hbond substituents is 1. The Morgan fingerprint density at radius 2 is 1.95 bits per heavy atom. The fourth-order valence-electron chi connectivity index (χ4n) is 1.98. The standard InChI is InChI=1S/C15H24N2O2/c1-3-5-10-17(4-2)15(19)14(16)11-12-6-8-13(18)9-7-12/h6-9,14,18H,3-5,10-11,16H2,1-2H3/t14-/m0/s1. The van der Waals surface area contributed by atoms with E-state index in [0.29, 0.717) is 13.0 Å². The van der Waals surface area contributed by atoms with Crippen LogP contribution in [0.3, 0.4) is 0 Å². The molecule has 106 valence electrons. The quantitative estimate of drug-likeness (QED) is 0.790. The van der Waals surface area contributed by atoms with Crippen LogP contribution in [0.5, 0.6) is 5.75 Å². The molecule has 0 saturated heterocycles. The van der Waals surface area contributed by atoms with E-state index in [9.17, 15) is 9.90 Å². The first-order valence-electron chi connectivity index (χ1n) is 6.90. The predicted molar refractivity (Wildman–Crippen MR) is 76.9 cm³/mol. The summed E-state index contributed by atoms with van der Waals surface area (Å²) >= 11 is 0. The molecule has 0 aliphatic rings. The summed E-state index contributed by atoms with van der Waals surface area (Å²) in [5.41, 5.74) is 6.94. The third-order valence-electron chi connectivity index (χ3n) is 3.18. The molecule has 0 aliphatic carbocycles. The SMILES string of the molecule is CCCCN(CC)C(=O)[C@@H](N)Cc1ccc(O)cc1. The molecule has 0 saturated carbocycles. The molecule has 0 unspecified atom stereocenters. The van der Waals surface area contributed by atoms with Crippen molar-refractivity contribution in [2.75, 3.05) is 13.1 Å². The second kappa shape index (κ2) is 7.79. The second-order valence-electron chi connectivity index (χ2n) is 4.75. The lowest BCUT2D eigenvalue weighted by Crippen LogP contribution is -2.45. The van der Waals surface area contributed by atoms with Crippen LogP contribution in [0, 0.1) is 0 Å². The highest BCUT2D eigenvalue weighted by atomic mass is 16.3. The van der Waals surface area contributed by atoms with Crippen molar-refractivity contribution in [3.8, 4) is 5.75 Å². The molecule has 0 aliphatic heterocycles. The minimum atomic E-state index is -0.513. The summed E-state index contributed by atoms with van der Waals surface area (Å²) in [5, 5.41) is 9.22. The minimum absolute atomic E-state index is 0.00373. The zero-order valence-electron chi connectivity index (χ0n) is 11.8. The zero-order chi connectivity index (χ0) is 14.3. The highest BCUT2D eigenvalue weighted by molar-refractivity contribution is 5.82. The van der Waals surface area contributed by atoms with Crippen molar-refractivity contribution in [3.63, 3.8) is 0 Å². The first-order chi connectivity index (χ1) is 9.08. The average molecular weight is 264 g/mol. The molecule has 0 heterocycles. The molecule has 4 nitrogen and oxygen atoms in total. The summed E-state index contributed by atoms with van der Waals surface area (Å²) in [6.07, 6.45) is 2.57. The van der Waals surface area contributed by atoms with E-state index >= 15 is 0 Å². The Morgan fingerprint density at radius 1 is 1.32 bits per heavy atom. The van der Waals surface area contributed by atoms with Gasteiger partial charge in [0.1, 0.15) is 5.75 Å². The van der Waals surface area contributed by atoms with Crippen molar-refractivity contribution in [1.29, 1.82) is 0 Å². The lowest BCUT2D eigenvalue weighted by atomic mass is 10.1. The second-order valence-corrected chi connectivity index (χ2v) is 4.75. The smallest absolute Gasteiger partial charge is 0.239 e. The highest BCUT2D eigenvalue weighted by Crippen LogP contribution is 2.11. The Morgan fingerprint density at radius 3 is 2.47 bits per heavy atom. The largest absolute Gasteiger partial charge is 0.508 e. The number of benzene rings is 1. The van der Waals surface area contributed by atoms with E-state index in [4.69, 9.17) is 5.73 Å². The first-order valence-corrected chi connectivity index (χ1v) is 6.90. The summed E-state index contributed by atoms with van der Waals surface area (Å²) in [7, 11) is 0. The molecule has 1 amide bonds. The number of hydrogen-bond acceptors (Lipinski definition) is 3. The number of nitrogens with two attached hydrogens (primary N) is 1. The van der Waals surface area contributed by atoms with Crippen LogP contribution >= 0.6 is 0 Å². The van der Waals surface area contributed by atoms with Crippen molar-refractivity contribution in [3.05, 3.63) is 29.8 Å². The van der Waals surface area contributed by atoms with Crippen LogP contribution in [-0.2, 0) is 11.2 Å². The molecule has 1 aromatic rings. The van der Waals surface area contributed by atoms with Crippen LogP contribution in [0.4, 0.5) is 0 Å². The number of phenols is 1. The molecular weight excluding hydrogens is 240 g/mol. The van der Waals surface area contributed by atoms with Crippen LogP contribution < -0.4 is 5.73 Å². The van der Waals surface area contributed by atoms with Gasteiger partial charge < -0.3 is 15.7 Å². The molecular formula is C15H24N2O2. The molecule has 0 fully saturated rings. The maximum atomic E-state index is 12.2. The Kier molecular flexibility index (Phi) is 6.36. The van der Waals surface area contributed by atoms with E-state index in [1.165, 1.54) is 0 Å². The number of nitrogens with zero attached hydrogens (tertiary/aromatic N) is 1. The minimum Gasteiger partial charge on any atom is -0.508 e. The zero-order valence-corrected chi connectivity index (χ0v) is 11.8. The summed E-state index contributed by atoms with van der Waals surface area (Å²) < 4.78 is 0. The van der Waals surface area contributed by atoms with Gasteiger partial charge in [-0.1, -0.05) is 25.5 Å². The Bertz CT molecular complexity index is 390. The van der Waals surface area contributed by atoms with Gasteiger partial charge in [-0.25, -0.2) is 0 Å². The van der Waals surface area contributed by atoms with Gasteiger partial charge in [0.25, 0.3) is 0 Å². The number of likely N-dealkylation sites (N-methyl/N-ethyl adjacent to an activating group) is 1. The summed E-state index contributed by atoms with van der Waals surface area (Å²) in [6, 6.07) is 6.30. The van der Waals surface area contributed by atoms with E-state index in [2.05, 4.69) is 6.92 Å². The van der Waals surface area contributed by atoms with Crippen LogP contribution in [-0.4, -0.2) is 35.0 Å². The van der Waals surface area contributed by atoms with Crippen LogP contribution in [0.1, 0.15) is 32.3 Å². The number of hydrogen-bond donors (Lipinski definition) is 2. The number of carbonyl (C=O) groups excluding carboxylic acids is 1. The molecule has 0 spiro atoms. The lowest BCUT2D eigenvalue weighted by Gasteiger charge is -2.24. The number of aromatic hydroxyl groups is 1. The molecule has 1 rings (SSSR count). The molecule has 19 heavy (non-hydrogen) atoms. The topological polar surface area (TPSA) is 66.6 Å². The molecule has 1 atom stereocenters. The molecule has 0 bridgehead atoms. The average Bonchev–Trinajstić information content (AvgIpc) is 2.42. The van der Waals surface area contributed by atoms with Gasteiger partial charge in [-0.05, 0) is 37.5 Å². The van der Waals surface area contributed by atoms with Gasteiger partial charge in [0.2, 0.25) is 5.91 Å². The van der Waals surface area contributed by atoms with Gasteiger partial charge in [-0.15, -0.1) is 0 Å². The number of amides is 1. The fraction of sp³-hybridized carbons (Fsp3) is 0.533. The fourth-order valence-corrected chi connectivity index (χ4v) is 1.98. The van der Waals surface area contributed by atoms with Crippen molar-refractivity contribution in [1.82, 2.24) is 4.90 Å². The van der Waals surface area contributed by atoms with Gasteiger partial charge >= 0.3 is 0 Å². The summed E-state index contributed by atoms with van der Waals surface area (Å²) in [5.74, 6) is 0.228. The van der Waals surface area contributed by atoms with Crippen molar-refractivity contribution < 1.29 is 9.90 Å². The van der Waals surface area contributed by atoms with Gasteiger partial charge in [-0.3, -0.25) is 4.79 Å². The van der Waals surface area contributed by atoms with Crippen LogP contribution in [0.2, 0.25) is 0 Å². The first kappa shape index (κ1) is 15.5. The van der Waals surface area contributed by atoms with Gasteiger partial charge in [0, 0.05) is 13.1 Å². The Hall–Kier alpha value is -1.55. The predicted octanol–water partition coefficient (Wildman–Crippen LogP) is 1.91. The van der Waals surface area contributed by atoms with Crippen molar-refractivity contribution >= 4 is 5.91 Å². The number of carbonyl (C=O) groups is 1. The third kappa shape index (κ3) is 4.91. The van der Waals surface area contributed by atoms with E-state index in [1.807, 2.05) is 11.8 Å². The molecule has 3 N–H and O–H groups in total. The Balaban J connectivity index is 2.57. The normalized spacial score (nSPS) is 12.2. The molecule has 4 heteroatoms. The molecule has 0 radical (unpaired) electrons. The van der Waals surface area contributed by atoms with Gasteiger partial charge in [0.15, 0.2) is 0 Å². The van der Waals surface area contributed by atoms with E-state index < -0.39 is 6.04 Å². The Labute approximate surface area is 115 Å². The molecule has 0 aromatic heterocycles. The van der Waals surface area contributed by atoms with E-state index in [0.717, 1.165) is 24.9 Å². The van der Waals surface area contributed by atoms with E-state index in [1.54, 1.807) is 24.3 Å². The van der Waals surface area contributed by atoms with Crippen molar-refractivity contribution in [2.24, 2.45) is 5.73 Å². The van der Waals surface area contributed by atoms with Crippen LogP contribution in [0.25, 0.3) is 0 Å². The third-order valence-corrected chi connectivity index (χ3v) is 3.18. The number of rotatable bonds is 7. The summed E-state index contributed by atoms with van der Waals surface area (Å²) in [4.78, 5) is 14.0. The van der Waals surface area contributed by atoms with Crippen molar-refractivity contribution in [2.45, 2.75) is 39.2 Å². The number of unbranched alkanes of at least 4 members (excludes halogenated alkanes) is 1. The molecule has 1 aromatic carbocycles. The van der Waals surface area contributed by atoms with E-state index in [-0.39, 0.29) is 11.7 Å². The maximum Gasteiger partial charge on any atom is 0.239 e. The van der Waals surface area contributed by atoms with Gasteiger partial charge in [0.05, 0.1) is 6.04 Å². The van der Waals surface area contributed by atoms with Gasteiger partial charge in [-0.2, -0.15) is 0 Å². The monoisotopic (exact) mass is 264 g/mol. The summed E-state index contributed by atoms with van der Waals surface area (Å²) in [6.45, 7) is 5.55. The lowest BCUT2D eigenvalue weighted by molar-refractivity contribution is -0.132. The van der Waals surface area contributed by atoms with Crippen LogP contribution in [0.15, 0.2) is 24.3 Å². The maximum absolute atomic E-state index is 12.2.